The number of amides is 1. The van der Waals surface area contributed by atoms with Crippen molar-refractivity contribution in [3.05, 3.63) is 130 Å². The molecule has 230 valence electrons. The van der Waals surface area contributed by atoms with Gasteiger partial charge in [0, 0.05) is 30.2 Å². The van der Waals surface area contributed by atoms with E-state index in [0.29, 0.717) is 23.8 Å². The average molecular weight is 651 g/mol. The van der Waals surface area contributed by atoms with E-state index in [1.807, 2.05) is 67.3 Å². The van der Waals surface area contributed by atoms with Crippen LogP contribution in [0.15, 0.2) is 108 Å². The van der Waals surface area contributed by atoms with Crippen molar-refractivity contribution in [2.75, 3.05) is 17.4 Å². The molecule has 0 spiro atoms. The fourth-order valence-corrected chi connectivity index (χ4v) is 7.46. The molecule has 0 atom stereocenters. The highest BCUT2D eigenvalue weighted by Crippen LogP contribution is 2.35. The van der Waals surface area contributed by atoms with Crippen LogP contribution < -0.4 is 4.31 Å². The standard InChI is InChI=1S/C35H37Cl2N3O3S/c1-34(2)25-39(35(3,4)24-38(34)22-26-11-7-5-8-12-26)33(41)31-21-30(19-20-32(31)37)44(42,43)40(23-27-13-9-6-10-14-27)29-17-15-28(36)16-18-29/h5-21H,22-25H2,1-4H3. The first-order valence-electron chi connectivity index (χ1n) is 14.5. The van der Waals surface area contributed by atoms with E-state index in [-0.39, 0.29) is 33.5 Å². The Balaban J connectivity index is 1.47. The summed E-state index contributed by atoms with van der Waals surface area (Å²) in [5, 5.41) is 0.704. The van der Waals surface area contributed by atoms with Crippen molar-refractivity contribution in [3.8, 4) is 0 Å². The lowest BCUT2D eigenvalue weighted by Crippen LogP contribution is -2.68. The Kier molecular flexibility index (Phi) is 9.15. The number of hydrogen-bond acceptors (Lipinski definition) is 4. The van der Waals surface area contributed by atoms with Crippen LogP contribution in [0.3, 0.4) is 0 Å². The Morgan fingerprint density at radius 2 is 1.36 bits per heavy atom. The normalized spacial score (nSPS) is 16.5. The zero-order chi connectivity index (χ0) is 31.7. The molecule has 0 saturated carbocycles. The largest absolute Gasteiger partial charge is 0.330 e. The third-order valence-corrected chi connectivity index (χ3v) is 10.6. The van der Waals surface area contributed by atoms with Gasteiger partial charge >= 0.3 is 0 Å². The third-order valence-electron chi connectivity index (χ3n) is 8.21. The van der Waals surface area contributed by atoms with Crippen LogP contribution in [0.2, 0.25) is 10.0 Å². The first-order valence-corrected chi connectivity index (χ1v) is 16.7. The number of nitrogens with zero attached hydrogens (tertiary/aromatic N) is 3. The first-order chi connectivity index (χ1) is 20.8. The molecular weight excluding hydrogens is 613 g/mol. The second-order valence-corrected chi connectivity index (χ2v) is 15.2. The molecule has 1 heterocycles. The number of benzene rings is 4. The van der Waals surface area contributed by atoms with E-state index in [1.54, 1.807) is 24.3 Å². The minimum atomic E-state index is -4.11. The van der Waals surface area contributed by atoms with Crippen molar-refractivity contribution in [1.82, 2.24) is 9.80 Å². The second-order valence-electron chi connectivity index (χ2n) is 12.5. The van der Waals surface area contributed by atoms with Crippen molar-refractivity contribution >= 4 is 44.8 Å². The number of carbonyl (C=O) groups is 1. The SMILES string of the molecule is CC1(C)CN(C(=O)c2cc(S(=O)(=O)N(Cc3ccccc3)c3ccc(Cl)cc3)ccc2Cl)C(C)(C)CN1Cc1ccccc1. The van der Waals surface area contributed by atoms with Crippen molar-refractivity contribution in [3.63, 3.8) is 0 Å². The summed E-state index contributed by atoms with van der Waals surface area (Å²) in [6.07, 6.45) is 0. The Morgan fingerprint density at radius 3 is 1.98 bits per heavy atom. The fraction of sp³-hybridized carbons (Fsp3) is 0.286. The van der Waals surface area contributed by atoms with Crippen molar-refractivity contribution in [2.24, 2.45) is 0 Å². The van der Waals surface area contributed by atoms with Crippen LogP contribution in [0.25, 0.3) is 0 Å². The number of hydrogen-bond donors (Lipinski definition) is 0. The summed E-state index contributed by atoms with van der Waals surface area (Å²) in [7, 11) is -4.11. The van der Waals surface area contributed by atoms with Crippen LogP contribution in [-0.4, -0.2) is 48.3 Å². The van der Waals surface area contributed by atoms with Crippen molar-refractivity contribution < 1.29 is 13.2 Å². The quantitative estimate of drug-likeness (QED) is 0.195. The van der Waals surface area contributed by atoms with E-state index >= 15 is 0 Å². The molecule has 5 rings (SSSR count). The highest BCUT2D eigenvalue weighted by molar-refractivity contribution is 7.92. The predicted molar refractivity (Wildman–Crippen MR) is 179 cm³/mol. The predicted octanol–water partition coefficient (Wildman–Crippen LogP) is 7.90. The zero-order valence-electron chi connectivity index (χ0n) is 25.4. The van der Waals surface area contributed by atoms with Crippen LogP contribution in [0.4, 0.5) is 5.69 Å². The maximum atomic E-state index is 14.2. The Morgan fingerprint density at radius 1 is 0.773 bits per heavy atom. The van der Waals surface area contributed by atoms with E-state index in [1.165, 1.54) is 28.1 Å². The number of piperazine rings is 1. The molecule has 0 N–H and O–H groups in total. The Hall–Kier alpha value is -3.36. The Bertz CT molecular complexity index is 1730. The van der Waals surface area contributed by atoms with E-state index in [4.69, 9.17) is 23.2 Å². The number of sulfonamides is 1. The molecule has 44 heavy (non-hydrogen) atoms. The summed E-state index contributed by atoms with van der Waals surface area (Å²) in [4.78, 5) is 18.4. The maximum absolute atomic E-state index is 14.2. The molecule has 1 saturated heterocycles. The fourth-order valence-electron chi connectivity index (χ4n) is 5.66. The van der Waals surface area contributed by atoms with Gasteiger partial charge in [0.1, 0.15) is 0 Å². The molecule has 0 aliphatic carbocycles. The molecule has 0 unspecified atom stereocenters. The van der Waals surface area contributed by atoms with Gasteiger partial charge in [0.2, 0.25) is 0 Å². The van der Waals surface area contributed by atoms with E-state index in [2.05, 4.69) is 30.9 Å². The number of rotatable bonds is 8. The lowest BCUT2D eigenvalue weighted by Gasteiger charge is -2.55. The van der Waals surface area contributed by atoms with Gasteiger partial charge in [0.15, 0.2) is 0 Å². The first kappa shape index (κ1) is 32.0. The molecule has 1 fully saturated rings. The Labute approximate surface area is 270 Å². The van der Waals surface area contributed by atoms with Gasteiger partial charge < -0.3 is 4.90 Å². The molecule has 0 aromatic heterocycles. The summed E-state index contributed by atoms with van der Waals surface area (Å²) in [5.74, 6) is -0.300. The summed E-state index contributed by atoms with van der Waals surface area (Å²) < 4.78 is 29.8. The lowest BCUT2D eigenvalue weighted by atomic mass is 9.87. The average Bonchev–Trinajstić information content (AvgIpc) is 2.99. The van der Waals surface area contributed by atoms with Crippen LogP contribution in [-0.2, 0) is 23.1 Å². The van der Waals surface area contributed by atoms with E-state index < -0.39 is 15.6 Å². The number of carbonyl (C=O) groups excluding carboxylic acids is 1. The topological polar surface area (TPSA) is 60.9 Å². The smallest absolute Gasteiger partial charge is 0.264 e. The van der Waals surface area contributed by atoms with Gasteiger partial charge in [-0.25, -0.2) is 8.42 Å². The summed E-state index contributed by atoms with van der Waals surface area (Å²) in [6.45, 7) is 10.3. The van der Waals surface area contributed by atoms with Gasteiger partial charge in [-0.1, -0.05) is 83.9 Å². The summed E-state index contributed by atoms with van der Waals surface area (Å²) >= 11 is 12.7. The van der Waals surface area contributed by atoms with Gasteiger partial charge in [-0.3, -0.25) is 14.0 Å². The minimum absolute atomic E-state index is 0.0177. The summed E-state index contributed by atoms with van der Waals surface area (Å²) in [5.41, 5.74) is 1.76. The van der Waals surface area contributed by atoms with Crippen LogP contribution in [0.1, 0.15) is 49.2 Å². The van der Waals surface area contributed by atoms with Gasteiger partial charge in [-0.15, -0.1) is 0 Å². The number of halogens is 2. The molecule has 1 aliphatic heterocycles. The molecule has 6 nitrogen and oxygen atoms in total. The van der Waals surface area contributed by atoms with Crippen LogP contribution in [0, 0.1) is 0 Å². The van der Waals surface area contributed by atoms with Gasteiger partial charge in [0.25, 0.3) is 15.9 Å². The molecule has 0 bridgehead atoms. The third kappa shape index (κ3) is 6.81. The molecule has 1 aliphatic rings. The van der Waals surface area contributed by atoms with E-state index in [0.717, 1.165) is 12.1 Å². The van der Waals surface area contributed by atoms with Crippen LogP contribution >= 0.6 is 23.2 Å². The second kappa shape index (κ2) is 12.6. The molecule has 4 aromatic rings. The maximum Gasteiger partial charge on any atom is 0.264 e. The molecular formula is C35H37Cl2N3O3S. The van der Waals surface area contributed by atoms with E-state index in [9.17, 15) is 13.2 Å². The summed E-state index contributed by atoms with van der Waals surface area (Å²) in [6, 6.07) is 30.6. The monoisotopic (exact) mass is 649 g/mol. The molecule has 4 aromatic carbocycles. The highest BCUT2D eigenvalue weighted by Gasteiger charge is 2.45. The van der Waals surface area contributed by atoms with Crippen molar-refractivity contribution in [2.45, 2.75) is 56.8 Å². The lowest BCUT2D eigenvalue weighted by molar-refractivity contribution is -0.0454. The minimum Gasteiger partial charge on any atom is -0.330 e. The molecule has 0 radical (unpaired) electrons. The zero-order valence-corrected chi connectivity index (χ0v) is 27.7. The van der Waals surface area contributed by atoms with Gasteiger partial charge in [-0.2, -0.15) is 0 Å². The van der Waals surface area contributed by atoms with Crippen LogP contribution in [0.5, 0.6) is 0 Å². The molecule has 1 amide bonds. The van der Waals surface area contributed by atoms with Crippen molar-refractivity contribution in [1.29, 1.82) is 0 Å². The van der Waals surface area contributed by atoms with Gasteiger partial charge in [0.05, 0.1) is 33.3 Å². The highest BCUT2D eigenvalue weighted by atomic mass is 35.5. The number of anilines is 1. The van der Waals surface area contributed by atoms with Gasteiger partial charge in [-0.05, 0) is 81.3 Å². The molecule has 9 heteroatoms.